The summed E-state index contributed by atoms with van der Waals surface area (Å²) in [4.78, 5) is 0. The van der Waals surface area contributed by atoms with Gasteiger partial charge < -0.3 is 21.5 Å². The number of aromatic nitrogens is 1. The van der Waals surface area contributed by atoms with E-state index in [4.69, 9.17) is 0 Å². The quantitative estimate of drug-likeness (QED) is 0.325. The first kappa shape index (κ1) is 24.0. The molecule has 5 aromatic rings. The fraction of sp³-hybridized carbons (Fsp3) is 0.100. The summed E-state index contributed by atoms with van der Waals surface area (Å²) in [5.41, 5.74) is 4.27. The highest BCUT2D eigenvalue weighted by molar-refractivity contribution is 7.95. The Kier molecular flexibility index (Phi) is 7.03. The second kappa shape index (κ2) is 9.98. The second-order valence-electron chi connectivity index (χ2n) is 8.35. The molecule has 2 nitrogen and oxygen atoms in total. The lowest BCUT2D eigenvalue weighted by Gasteiger charge is -2.25. The van der Waals surface area contributed by atoms with Crippen LogP contribution in [0.1, 0.15) is 12.5 Å². The first-order valence-electron chi connectivity index (χ1n) is 11.3. The van der Waals surface area contributed by atoms with Crippen LogP contribution < -0.4 is 32.9 Å². The SMILES string of the molecule is CCn1c(-c2ccccc2[P+](C)(c2ccccc2)c2ccccc2)cc2ccc(C#N)cc21.[Br-]. The van der Waals surface area contributed by atoms with Crippen molar-refractivity contribution >= 4 is 34.1 Å². The summed E-state index contributed by atoms with van der Waals surface area (Å²) in [7, 11) is -1.88. The molecule has 0 fully saturated rings. The van der Waals surface area contributed by atoms with Crippen LogP contribution in [0.4, 0.5) is 0 Å². The van der Waals surface area contributed by atoms with Crippen LogP contribution in [-0.4, -0.2) is 11.2 Å². The molecule has 0 aliphatic rings. The van der Waals surface area contributed by atoms with Crippen molar-refractivity contribution in [1.29, 1.82) is 5.26 Å². The average molecular weight is 525 g/mol. The van der Waals surface area contributed by atoms with Gasteiger partial charge in [-0.15, -0.1) is 0 Å². The lowest BCUT2D eigenvalue weighted by molar-refractivity contribution is -0.00000668. The van der Waals surface area contributed by atoms with Crippen molar-refractivity contribution in [2.24, 2.45) is 0 Å². The van der Waals surface area contributed by atoms with Crippen LogP contribution in [0.25, 0.3) is 22.2 Å². The number of rotatable bonds is 5. The number of fused-ring (bicyclic) bond motifs is 1. The van der Waals surface area contributed by atoms with Crippen molar-refractivity contribution in [1.82, 2.24) is 4.57 Å². The predicted molar refractivity (Wildman–Crippen MR) is 142 cm³/mol. The third-order valence-corrected chi connectivity index (χ3v) is 10.6. The van der Waals surface area contributed by atoms with Crippen molar-refractivity contribution in [3.63, 3.8) is 0 Å². The molecule has 168 valence electrons. The molecule has 34 heavy (non-hydrogen) atoms. The molecule has 0 spiro atoms. The molecule has 4 heteroatoms. The standard InChI is InChI=1S/C30H26N2P.BrH/c1-3-32-28-20-23(22-31)18-19-24(28)21-29(32)27-16-10-11-17-30(27)33(2,25-12-6-4-7-13-25)26-14-8-5-9-15-26;/h4-21H,3H2,1-2H3;1H/q+1;/p-1. The van der Waals surface area contributed by atoms with Crippen LogP contribution in [0.5, 0.6) is 0 Å². The number of nitriles is 1. The normalized spacial score (nSPS) is 11.1. The van der Waals surface area contributed by atoms with Crippen molar-refractivity contribution in [3.8, 4) is 17.3 Å². The summed E-state index contributed by atoms with van der Waals surface area (Å²) in [5.74, 6) is 0. The summed E-state index contributed by atoms with van der Waals surface area (Å²) >= 11 is 0. The van der Waals surface area contributed by atoms with E-state index in [0.29, 0.717) is 5.56 Å². The van der Waals surface area contributed by atoms with Gasteiger partial charge in [0, 0.05) is 23.0 Å². The van der Waals surface area contributed by atoms with Crippen LogP contribution in [-0.2, 0) is 6.54 Å². The maximum atomic E-state index is 9.43. The van der Waals surface area contributed by atoms with E-state index in [0.717, 1.165) is 12.1 Å². The maximum absolute atomic E-state index is 9.43. The molecule has 0 aliphatic carbocycles. The largest absolute Gasteiger partial charge is 1.00 e. The van der Waals surface area contributed by atoms with Gasteiger partial charge in [-0.25, -0.2) is 0 Å². The number of halogens is 1. The maximum Gasteiger partial charge on any atom is 0.113 e. The molecular formula is C30H26BrN2P. The van der Waals surface area contributed by atoms with E-state index in [-0.39, 0.29) is 17.0 Å². The molecular weight excluding hydrogens is 499 g/mol. The zero-order chi connectivity index (χ0) is 22.8. The van der Waals surface area contributed by atoms with Crippen LogP contribution >= 0.6 is 7.26 Å². The van der Waals surface area contributed by atoms with E-state index in [1.165, 1.54) is 32.6 Å². The molecule has 0 unspecified atom stereocenters. The summed E-state index contributed by atoms with van der Waals surface area (Å²) < 4.78 is 2.34. The summed E-state index contributed by atoms with van der Waals surface area (Å²) in [6, 6.07) is 41.2. The Morgan fingerprint density at radius 2 is 1.35 bits per heavy atom. The Bertz CT molecular complexity index is 1430. The van der Waals surface area contributed by atoms with Gasteiger partial charge in [-0.05, 0) is 61.5 Å². The van der Waals surface area contributed by atoms with Gasteiger partial charge in [-0.2, -0.15) is 5.26 Å². The molecule has 0 N–H and O–H groups in total. The third kappa shape index (κ3) is 3.98. The first-order chi connectivity index (χ1) is 16.2. The van der Waals surface area contributed by atoms with E-state index < -0.39 is 7.26 Å². The molecule has 0 radical (unpaired) electrons. The minimum atomic E-state index is -1.88. The van der Waals surface area contributed by atoms with E-state index in [1.807, 2.05) is 12.1 Å². The van der Waals surface area contributed by atoms with Gasteiger partial charge >= 0.3 is 0 Å². The predicted octanol–water partition coefficient (Wildman–Crippen LogP) is 3.13. The van der Waals surface area contributed by atoms with E-state index >= 15 is 0 Å². The number of aryl methyl sites for hydroxylation is 1. The van der Waals surface area contributed by atoms with Crippen molar-refractivity contribution in [2.45, 2.75) is 13.5 Å². The van der Waals surface area contributed by atoms with Crippen LogP contribution in [0.15, 0.2) is 109 Å². The lowest BCUT2D eigenvalue weighted by atomic mass is 10.1. The smallest absolute Gasteiger partial charge is 0.113 e. The zero-order valence-electron chi connectivity index (χ0n) is 19.3. The number of hydrogen-bond acceptors (Lipinski definition) is 1. The Labute approximate surface area is 212 Å². The molecule has 0 bridgehead atoms. The van der Waals surface area contributed by atoms with E-state index in [1.54, 1.807) is 0 Å². The Morgan fingerprint density at radius 1 is 0.765 bits per heavy atom. The Balaban J connectivity index is 0.00000274. The summed E-state index contributed by atoms with van der Waals surface area (Å²) in [5, 5.41) is 14.7. The fourth-order valence-corrected chi connectivity index (χ4v) is 8.29. The van der Waals surface area contributed by atoms with Gasteiger partial charge in [0.05, 0.1) is 24.0 Å². The molecule has 0 aliphatic heterocycles. The zero-order valence-corrected chi connectivity index (χ0v) is 21.8. The summed E-state index contributed by atoms with van der Waals surface area (Å²) in [6.45, 7) is 5.45. The Morgan fingerprint density at radius 3 is 1.94 bits per heavy atom. The molecule has 1 heterocycles. The second-order valence-corrected chi connectivity index (χ2v) is 11.9. The van der Waals surface area contributed by atoms with Gasteiger partial charge in [-0.1, -0.05) is 54.6 Å². The molecule has 1 aromatic heterocycles. The molecule has 5 rings (SSSR count). The van der Waals surface area contributed by atoms with Crippen LogP contribution in [0.2, 0.25) is 0 Å². The van der Waals surface area contributed by atoms with Gasteiger partial charge in [0.2, 0.25) is 0 Å². The first-order valence-corrected chi connectivity index (χ1v) is 13.5. The van der Waals surface area contributed by atoms with E-state index in [2.05, 4.69) is 121 Å². The van der Waals surface area contributed by atoms with Gasteiger partial charge in [0.1, 0.15) is 23.2 Å². The lowest BCUT2D eigenvalue weighted by Crippen LogP contribution is -3.00. The molecule has 0 saturated carbocycles. The average Bonchev–Trinajstić information content (AvgIpc) is 3.27. The number of nitrogens with zero attached hydrogens (tertiary/aromatic N) is 2. The highest BCUT2D eigenvalue weighted by Crippen LogP contribution is 2.53. The monoisotopic (exact) mass is 524 g/mol. The minimum Gasteiger partial charge on any atom is -1.00 e. The van der Waals surface area contributed by atoms with Crippen LogP contribution in [0, 0.1) is 11.3 Å². The minimum absolute atomic E-state index is 0. The molecule has 0 saturated heterocycles. The van der Waals surface area contributed by atoms with Gasteiger partial charge in [-0.3, -0.25) is 0 Å². The van der Waals surface area contributed by atoms with Crippen molar-refractivity contribution < 1.29 is 17.0 Å². The highest BCUT2D eigenvalue weighted by Gasteiger charge is 2.42. The van der Waals surface area contributed by atoms with Crippen molar-refractivity contribution in [2.75, 3.05) is 6.66 Å². The Hall–Kier alpha value is -3.18. The summed E-state index contributed by atoms with van der Waals surface area (Å²) in [6.07, 6.45) is 0. The van der Waals surface area contributed by atoms with Gasteiger partial charge in [0.25, 0.3) is 0 Å². The molecule has 0 atom stereocenters. The molecule has 4 aromatic carbocycles. The molecule has 0 amide bonds. The topological polar surface area (TPSA) is 28.7 Å². The highest BCUT2D eigenvalue weighted by atomic mass is 79.9. The van der Waals surface area contributed by atoms with Gasteiger partial charge in [0.15, 0.2) is 0 Å². The number of hydrogen-bond donors (Lipinski definition) is 0. The third-order valence-electron chi connectivity index (χ3n) is 6.56. The van der Waals surface area contributed by atoms with Crippen molar-refractivity contribution in [3.05, 3.63) is 115 Å². The number of benzene rings is 4. The fourth-order valence-electron chi connectivity index (χ4n) is 4.85. The van der Waals surface area contributed by atoms with Crippen LogP contribution in [0.3, 0.4) is 0 Å². The van der Waals surface area contributed by atoms with E-state index in [9.17, 15) is 5.26 Å².